The van der Waals surface area contributed by atoms with Crippen LogP contribution in [0.2, 0.25) is 0 Å². The molecule has 0 saturated heterocycles. The Morgan fingerprint density at radius 3 is 1.69 bits per heavy atom. The van der Waals surface area contributed by atoms with Crippen molar-refractivity contribution in [2.45, 2.75) is 12.8 Å². The highest BCUT2D eigenvalue weighted by Gasteiger charge is 2.20. The molecule has 5 heteroatoms. The van der Waals surface area contributed by atoms with Gasteiger partial charge in [0, 0.05) is 38.2 Å². The molecule has 0 N–H and O–H groups in total. The highest BCUT2D eigenvalue weighted by molar-refractivity contribution is 6.12. The standard InChI is InChI=1S/C57H37N3O2/c1-4-14-36(15-5-1)39-20-12-21-41(30-39)55-58-56(42-27-29-51-49(34-42)46-22-10-11-24-50(46)61-51)60-57(59-55)48-23-13-25-52-54(48)47-28-26-40(35-53(47)62-52)45-32-43(37-16-6-2-7-17-37)31-44(33-45)38-18-8-3-9-19-38/h1-4,6-14,16-35H,5,15H2. The van der Waals surface area contributed by atoms with Gasteiger partial charge in [-0.3, -0.25) is 0 Å². The second kappa shape index (κ2) is 14.8. The third-order valence-corrected chi connectivity index (χ3v) is 12.0. The van der Waals surface area contributed by atoms with Crippen LogP contribution in [0.4, 0.5) is 0 Å². The second-order valence-electron chi connectivity index (χ2n) is 15.9. The Morgan fingerprint density at radius 1 is 0.355 bits per heavy atom. The first-order valence-electron chi connectivity index (χ1n) is 21.0. The van der Waals surface area contributed by atoms with Crippen LogP contribution >= 0.6 is 0 Å². The Morgan fingerprint density at radius 2 is 0.935 bits per heavy atom. The van der Waals surface area contributed by atoms with E-state index in [1.54, 1.807) is 0 Å². The second-order valence-corrected chi connectivity index (χ2v) is 15.9. The fourth-order valence-electron chi connectivity index (χ4n) is 8.90. The Bertz CT molecular complexity index is 3520. The van der Waals surface area contributed by atoms with E-state index in [1.807, 2.05) is 42.5 Å². The number of hydrogen-bond donors (Lipinski definition) is 0. The van der Waals surface area contributed by atoms with Gasteiger partial charge in [-0.2, -0.15) is 0 Å². The maximum atomic E-state index is 6.71. The molecule has 8 aromatic carbocycles. The number of furan rings is 2. The van der Waals surface area contributed by atoms with Crippen LogP contribution in [-0.4, -0.2) is 15.0 Å². The summed E-state index contributed by atoms with van der Waals surface area (Å²) >= 11 is 0. The van der Waals surface area contributed by atoms with Crippen molar-refractivity contribution < 1.29 is 8.83 Å². The van der Waals surface area contributed by atoms with Crippen molar-refractivity contribution in [3.8, 4) is 67.5 Å². The maximum absolute atomic E-state index is 6.71. The molecular weight excluding hydrogens is 759 g/mol. The molecule has 0 bridgehead atoms. The molecule has 12 rings (SSSR count). The van der Waals surface area contributed by atoms with E-state index in [1.165, 1.54) is 22.3 Å². The minimum atomic E-state index is 0.577. The molecule has 11 aromatic rings. The number of benzene rings is 8. The van der Waals surface area contributed by atoms with E-state index in [0.717, 1.165) is 95.7 Å². The monoisotopic (exact) mass is 795 g/mol. The average Bonchev–Trinajstić information content (AvgIpc) is 3.92. The minimum absolute atomic E-state index is 0.577. The van der Waals surface area contributed by atoms with Crippen molar-refractivity contribution in [2.75, 3.05) is 0 Å². The van der Waals surface area contributed by atoms with E-state index < -0.39 is 0 Å². The molecule has 0 radical (unpaired) electrons. The van der Waals surface area contributed by atoms with Gasteiger partial charge in [0.2, 0.25) is 0 Å². The summed E-state index contributed by atoms with van der Waals surface area (Å²) in [5.74, 6) is 1.77. The lowest BCUT2D eigenvalue weighted by molar-refractivity contribution is 0.668. The summed E-state index contributed by atoms with van der Waals surface area (Å²) in [6.07, 6.45) is 8.58. The van der Waals surface area contributed by atoms with Crippen molar-refractivity contribution in [1.29, 1.82) is 0 Å². The normalized spacial score (nSPS) is 12.7. The SMILES string of the molecule is C1=CCCC(c2cccc(-c3nc(-c4ccc5oc6ccccc6c5c4)nc(-c4cccc5oc6cc(-c7cc(-c8ccccc8)cc(-c8ccccc8)c7)ccc6c45)n3)c2)=C1. The van der Waals surface area contributed by atoms with Crippen LogP contribution in [0.3, 0.4) is 0 Å². The van der Waals surface area contributed by atoms with Gasteiger partial charge in [0.05, 0.1) is 0 Å². The van der Waals surface area contributed by atoms with Crippen LogP contribution in [0.25, 0.3) is 117 Å². The van der Waals surface area contributed by atoms with E-state index >= 15 is 0 Å². The van der Waals surface area contributed by atoms with E-state index in [2.05, 4.69) is 158 Å². The largest absolute Gasteiger partial charge is 0.456 e. The summed E-state index contributed by atoms with van der Waals surface area (Å²) in [4.78, 5) is 15.7. The number of aromatic nitrogens is 3. The van der Waals surface area contributed by atoms with Crippen molar-refractivity contribution in [3.05, 3.63) is 206 Å². The van der Waals surface area contributed by atoms with Gasteiger partial charge in [0.15, 0.2) is 17.5 Å². The lowest BCUT2D eigenvalue weighted by Crippen LogP contribution is -2.01. The van der Waals surface area contributed by atoms with Crippen molar-refractivity contribution in [1.82, 2.24) is 15.0 Å². The minimum Gasteiger partial charge on any atom is -0.456 e. The smallest absolute Gasteiger partial charge is 0.164 e. The summed E-state index contributed by atoms with van der Waals surface area (Å²) < 4.78 is 12.9. The van der Waals surface area contributed by atoms with Crippen LogP contribution in [0.5, 0.6) is 0 Å². The molecule has 0 amide bonds. The Hall–Kier alpha value is -8.15. The van der Waals surface area contributed by atoms with Gasteiger partial charge in [-0.25, -0.2) is 15.0 Å². The fraction of sp³-hybridized carbons (Fsp3) is 0.0351. The molecule has 3 aromatic heterocycles. The van der Waals surface area contributed by atoms with Gasteiger partial charge in [-0.1, -0.05) is 133 Å². The molecule has 0 aliphatic heterocycles. The number of hydrogen-bond acceptors (Lipinski definition) is 5. The van der Waals surface area contributed by atoms with E-state index in [0.29, 0.717) is 17.5 Å². The quantitative estimate of drug-likeness (QED) is 0.161. The first-order valence-corrected chi connectivity index (χ1v) is 21.0. The third-order valence-electron chi connectivity index (χ3n) is 12.0. The molecule has 1 aliphatic rings. The number of allylic oxidation sites excluding steroid dienone is 4. The highest BCUT2D eigenvalue weighted by Crippen LogP contribution is 2.40. The summed E-state index contributed by atoms with van der Waals surface area (Å²) in [5.41, 5.74) is 15.3. The van der Waals surface area contributed by atoms with Crippen LogP contribution in [0.1, 0.15) is 18.4 Å². The number of nitrogens with zero attached hydrogens (tertiary/aromatic N) is 3. The Balaban J connectivity index is 1.02. The molecule has 0 atom stereocenters. The molecule has 1 aliphatic carbocycles. The number of rotatable bonds is 7. The number of fused-ring (bicyclic) bond motifs is 6. The van der Waals surface area contributed by atoms with Crippen LogP contribution in [-0.2, 0) is 0 Å². The van der Waals surface area contributed by atoms with E-state index in [4.69, 9.17) is 23.8 Å². The zero-order chi connectivity index (χ0) is 41.0. The van der Waals surface area contributed by atoms with Crippen molar-refractivity contribution in [3.63, 3.8) is 0 Å². The fourth-order valence-corrected chi connectivity index (χ4v) is 8.90. The van der Waals surface area contributed by atoms with E-state index in [-0.39, 0.29) is 0 Å². The maximum Gasteiger partial charge on any atom is 0.164 e. The molecule has 5 nitrogen and oxygen atoms in total. The lowest BCUT2D eigenvalue weighted by atomic mass is 9.93. The zero-order valence-electron chi connectivity index (χ0n) is 33.6. The molecule has 0 unspecified atom stereocenters. The molecule has 3 heterocycles. The summed E-state index contributed by atoms with van der Waals surface area (Å²) in [6, 6.07) is 63.5. The topological polar surface area (TPSA) is 65.0 Å². The van der Waals surface area contributed by atoms with E-state index in [9.17, 15) is 0 Å². The molecule has 0 saturated carbocycles. The lowest BCUT2D eigenvalue weighted by Gasteiger charge is -2.12. The van der Waals surface area contributed by atoms with Crippen molar-refractivity contribution in [2.24, 2.45) is 0 Å². The molecule has 0 fully saturated rings. The third kappa shape index (κ3) is 6.39. The highest BCUT2D eigenvalue weighted by atomic mass is 16.3. The zero-order valence-corrected chi connectivity index (χ0v) is 33.6. The van der Waals surface area contributed by atoms with Gasteiger partial charge in [0.1, 0.15) is 22.3 Å². The molecule has 0 spiro atoms. The van der Waals surface area contributed by atoms with Gasteiger partial charge in [-0.05, 0) is 124 Å². The predicted octanol–water partition coefficient (Wildman–Crippen LogP) is 15.4. The van der Waals surface area contributed by atoms with Crippen LogP contribution in [0.15, 0.2) is 209 Å². The van der Waals surface area contributed by atoms with Gasteiger partial charge in [-0.15, -0.1) is 0 Å². The number of para-hydroxylation sites is 1. The Kier molecular flexibility index (Phi) is 8.56. The predicted molar refractivity (Wildman–Crippen MR) is 253 cm³/mol. The average molecular weight is 796 g/mol. The van der Waals surface area contributed by atoms with Gasteiger partial charge < -0.3 is 8.83 Å². The first kappa shape index (κ1) is 35.8. The Labute approximate surface area is 358 Å². The molecule has 292 valence electrons. The summed E-state index contributed by atoms with van der Waals surface area (Å²) in [6.45, 7) is 0. The van der Waals surface area contributed by atoms with Crippen molar-refractivity contribution >= 4 is 49.5 Å². The summed E-state index contributed by atoms with van der Waals surface area (Å²) in [7, 11) is 0. The molecular formula is C57H37N3O2. The molecule has 62 heavy (non-hydrogen) atoms. The van der Waals surface area contributed by atoms with Crippen LogP contribution in [0, 0.1) is 0 Å². The van der Waals surface area contributed by atoms with Gasteiger partial charge >= 0.3 is 0 Å². The van der Waals surface area contributed by atoms with Crippen LogP contribution < -0.4 is 0 Å². The first-order chi connectivity index (χ1) is 30.7. The summed E-state index contributed by atoms with van der Waals surface area (Å²) in [5, 5.41) is 4.03. The van der Waals surface area contributed by atoms with Gasteiger partial charge in [0.25, 0.3) is 0 Å².